The Balaban J connectivity index is 1.39. The van der Waals surface area contributed by atoms with Crippen molar-refractivity contribution in [2.45, 2.75) is 18.4 Å². The number of amides is 2. The number of anilines is 1. The molecular formula is C18H18N2O4. The van der Waals surface area contributed by atoms with E-state index in [0.717, 1.165) is 17.5 Å². The van der Waals surface area contributed by atoms with Crippen molar-refractivity contribution in [3.05, 3.63) is 53.6 Å². The lowest BCUT2D eigenvalue weighted by atomic mass is 9.96. The van der Waals surface area contributed by atoms with E-state index < -0.39 is 5.60 Å². The largest absolute Gasteiger partial charge is 0.454 e. The SMILES string of the molecule is O=C(NCC1(O)CCc2ccccc21)Nc1ccc2c(c1)OCO2. The normalized spacial score (nSPS) is 20.5. The van der Waals surface area contributed by atoms with Gasteiger partial charge in [0.2, 0.25) is 6.79 Å². The third-order valence-corrected chi connectivity index (χ3v) is 4.50. The van der Waals surface area contributed by atoms with E-state index in [0.29, 0.717) is 23.6 Å². The van der Waals surface area contributed by atoms with Gasteiger partial charge in [-0.25, -0.2) is 4.79 Å². The molecule has 0 bridgehead atoms. The topological polar surface area (TPSA) is 79.8 Å². The highest BCUT2D eigenvalue weighted by Crippen LogP contribution is 2.36. The van der Waals surface area contributed by atoms with Gasteiger partial charge in [-0.15, -0.1) is 0 Å². The zero-order chi connectivity index (χ0) is 16.6. The van der Waals surface area contributed by atoms with Crippen molar-refractivity contribution in [2.75, 3.05) is 18.7 Å². The minimum absolute atomic E-state index is 0.167. The number of aryl methyl sites for hydroxylation is 1. The monoisotopic (exact) mass is 326 g/mol. The Morgan fingerprint density at radius 1 is 1.17 bits per heavy atom. The molecule has 0 radical (unpaired) electrons. The Kier molecular flexibility index (Phi) is 3.54. The smallest absolute Gasteiger partial charge is 0.319 e. The fourth-order valence-electron chi connectivity index (χ4n) is 3.23. The van der Waals surface area contributed by atoms with E-state index in [1.165, 1.54) is 0 Å². The summed E-state index contributed by atoms with van der Waals surface area (Å²) in [6, 6.07) is 12.6. The summed E-state index contributed by atoms with van der Waals surface area (Å²) in [4.78, 5) is 12.1. The van der Waals surface area contributed by atoms with Gasteiger partial charge >= 0.3 is 6.03 Å². The Bertz CT molecular complexity index is 792. The molecule has 3 N–H and O–H groups in total. The minimum Gasteiger partial charge on any atom is -0.454 e. The summed E-state index contributed by atoms with van der Waals surface area (Å²) >= 11 is 0. The average Bonchev–Trinajstić information content (AvgIpc) is 3.18. The van der Waals surface area contributed by atoms with Gasteiger partial charge in [-0.2, -0.15) is 0 Å². The molecule has 2 amide bonds. The van der Waals surface area contributed by atoms with E-state index in [1.54, 1.807) is 18.2 Å². The lowest BCUT2D eigenvalue weighted by Crippen LogP contribution is -2.41. The summed E-state index contributed by atoms with van der Waals surface area (Å²) in [7, 11) is 0. The van der Waals surface area contributed by atoms with Crippen molar-refractivity contribution in [1.82, 2.24) is 5.32 Å². The van der Waals surface area contributed by atoms with Gasteiger partial charge in [0.05, 0.1) is 6.54 Å². The van der Waals surface area contributed by atoms with E-state index in [-0.39, 0.29) is 19.4 Å². The minimum atomic E-state index is -1.01. The predicted octanol–water partition coefficient (Wildman–Crippen LogP) is 2.37. The van der Waals surface area contributed by atoms with Crippen LogP contribution in [-0.4, -0.2) is 24.5 Å². The molecule has 0 aromatic heterocycles. The maximum atomic E-state index is 12.1. The van der Waals surface area contributed by atoms with Gasteiger partial charge < -0.3 is 25.2 Å². The van der Waals surface area contributed by atoms with Crippen LogP contribution in [0.3, 0.4) is 0 Å². The van der Waals surface area contributed by atoms with Crippen LogP contribution in [0.2, 0.25) is 0 Å². The fraction of sp³-hybridized carbons (Fsp3) is 0.278. The molecule has 124 valence electrons. The third-order valence-electron chi connectivity index (χ3n) is 4.50. The van der Waals surface area contributed by atoms with Crippen molar-refractivity contribution in [2.24, 2.45) is 0 Å². The molecule has 1 heterocycles. The van der Waals surface area contributed by atoms with Gasteiger partial charge in [-0.1, -0.05) is 24.3 Å². The second kappa shape index (κ2) is 5.72. The standard InChI is InChI=1S/C18H18N2O4/c21-17(20-13-5-6-15-16(9-13)24-11-23-15)19-10-18(22)8-7-12-3-1-2-4-14(12)18/h1-6,9,22H,7-8,10-11H2,(H2,19,20,21). The maximum Gasteiger partial charge on any atom is 0.319 e. The van der Waals surface area contributed by atoms with E-state index >= 15 is 0 Å². The summed E-state index contributed by atoms with van der Waals surface area (Å²) in [6.07, 6.45) is 1.43. The molecular weight excluding hydrogens is 308 g/mol. The molecule has 2 aliphatic rings. The lowest BCUT2D eigenvalue weighted by molar-refractivity contribution is 0.0417. The Labute approximate surface area is 139 Å². The number of urea groups is 1. The predicted molar refractivity (Wildman–Crippen MR) is 88.2 cm³/mol. The molecule has 0 spiro atoms. The molecule has 2 aromatic rings. The van der Waals surface area contributed by atoms with Crippen LogP contribution in [0.1, 0.15) is 17.5 Å². The Hall–Kier alpha value is -2.73. The highest BCUT2D eigenvalue weighted by Gasteiger charge is 2.36. The van der Waals surface area contributed by atoms with Gasteiger partial charge in [0.15, 0.2) is 11.5 Å². The first-order valence-electron chi connectivity index (χ1n) is 7.89. The van der Waals surface area contributed by atoms with Crippen molar-refractivity contribution in [1.29, 1.82) is 0 Å². The quantitative estimate of drug-likeness (QED) is 0.809. The van der Waals surface area contributed by atoms with Gasteiger partial charge in [0.25, 0.3) is 0 Å². The van der Waals surface area contributed by atoms with Gasteiger partial charge in [0.1, 0.15) is 5.60 Å². The molecule has 1 aliphatic carbocycles. The molecule has 0 saturated heterocycles. The summed E-state index contributed by atoms with van der Waals surface area (Å²) in [5.41, 5.74) is 1.63. The second-order valence-electron chi connectivity index (χ2n) is 6.06. The van der Waals surface area contributed by atoms with E-state index in [2.05, 4.69) is 10.6 Å². The molecule has 0 saturated carbocycles. The van der Waals surface area contributed by atoms with E-state index in [9.17, 15) is 9.90 Å². The first-order chi connectivity index (χ1) is 11.6. The van der Waals surface area contributed by atoms with Crippen molar-refractivity contribution in [3.63, 3.8) is 0 Å². The number of hydrogen-bond donors (Lipinski definition) is 3. The zero-order valence-electron chi connectivity index (χ0n) is 13.0. The molecule has 24 heavy (non-hydrogen) atoms. The number of fused-ring (bicyclic) bond motifs is 2. The second-order valence-corrected chi connectivity index (χ2v) is 6.06. The van der Waals surface area contributed by atoms with E-state index in [1.807, 2.05) is 24.3 Å². The number of hydrogen-bond acceptors (Lipinski definition) is 4. The van der Waals surface area contributed by atoms with Gasteiger partial charge in [0, 0.05) is 11.8 Å². The molecule has 1 atom stereocenters. The number of aliphatic hydroxyl groups is 1. The molecule has 6 nitrogen and oxygen atoms in total. The van der Waals surface area contributed by atoms with Crippen LogP contribution in [0, 0.1) is 0 Å². The van der Waals surface area contributed by atoms with Gasteiger partial charge in [-0.3, -0.25) is 0 Å². The summed E-state index contributed by atoms with van der Waals surface area (Å²) in [6.45, 7) is 0.359. The van der Waals surface area contributed by atoms with Crippen LogP contribution in [0.4, 0.5) is 10.5 Å². The highest BCUT2D eigenvalue weighted by atomic mass is 16.7. The number of benzene rings is 2. The molecule has 4 rings (SSSR count). The Morgan fingerprint density at radius 3 is 2.92 bits per heavy atom. The van der Waals surface area contributed by atoms with E-state index in [4.69, 9.17) is 9.47 Å². The number of carbonyl (C=O) groups is 1. The number of ether oxygens (including phenoxy) is 2. The molecule has 6 heteroatoms. The maximum absolute atomic E-state index is 12.1. The van der Waals surface area contributed by atoms with Crippen molar-refractivity contribution < 1.29 is 19.4 Å². The third kappa shape index (κ3) is 2.65. The van der Waals surface area contributed by atoms with Crippen LogP contribution < -0.4 is 20.1 Å². The highest BCUT2D eigenvalue weighted by molar-refractivity contribution is 5.89. The summed E-state index contributed by atoms with van der Waals surface area (Å²) in [5.74, 6) is 1.27. The first-order valence-corrected chi connectivity index (χ1v) is 7.89. The summed E-state index contributed by atoms with van der Waals surface area (Å²) in [5, 5.41) is 16.3. The Morgan fingerprint density at radius 2 is 2.00 bits per heavy atom. The van der Waals surface area contributed by atoms with Crippen LogP contribution in [0.15, 0.2) is 42.5 Å². The van der Waals surface area contributed by atoms with Gasteiger partial charge in [-0.05, 0) is 36.1 Å². The van der Waals surface area contributed by atoms with Crippen molar-refractivity contribution in [3.8, 4) is 11.5 Å². The van der Waals surface area contributed by atoms with Crippen LogP contribution in [-0.2, 0) is 12.0 Å². The number of carbonyl (C=O) groups excluding carboxylic acids is 1. The first kappa shape index (κ1) is 14.8. The number of rotatable bonds is 3. The van der Waals surface area contributed by atoms with Crippen molar-refractivity contribution >= 4 is 11.7 Å². The lowest BCUT2D eigenvalue weighted by Gasteiger charge is -2.24. The average molecular weight is 326 g/mol. The molecule has 2 aromatic carbocycles. The van der Waals surface area contributed by atoms with Crippen LogP contribution >= 0.6 is 0 Å². The van der Waals surface area contributed by atoms with Crippen LogP contribution in [0.5, 0.6) is 11.5 Å². The zero-order valence-corrected chi connectivity index (χ0v) is 13.0. The fourth-order valence-corrected chi connectivity index (χ4v) is 3.23. The van der Waals surface area contributed by atoms with Crippen LogP contribution in [0.25, 0.3) is 0 Å². The summed E-state index contributed by atoms with van der Waals surface area (Å²) < 4.78 is 10.5. The molecule has 0 fully saturated rings. The number of nitrogens with one attached hydrogen (secondary N) is 2. The molecule has 1 aliphatic heterocycles. The molecule has 1 unspecified atom stereocenters.